The summed E-state index contributed by atoms with van der Waals surface area (Å²) < 4.78 is 23.2. The van der Waals surface area contributed by atoms with Gasteiger partial charge in [0.15, 0.2) is 9.84 Å². The maximum Gasteiger partial charge on any atom is 0.257 e. The molecule has 98 valence electrons. The van der Waals surface area contributed by atoms with Crippen molar-refractivity contribution in [1.82, 2.24) is 9.88 Å². The molecule has 0 saturated carbocycles. The molecule has 18 heavy (non-hydrogen) atoms. The van der Waals surface area contributed by atoms with Gasteiger partial charge in [-0.25, -0.2) is 13.4 Å². The number of amides is 1. The van der Waals surface area contributed by atoms with E-state index in [1.54, 1.807) is 6.07 Å². The van der Waals surface area contributed by atoms with Crippen LogP contribution in [0.15, 0.2) is 16.7 Å². The van der Waals surface area contributed by atoms with Gasteiger partial charge in [-0.15, -0.1) is 0 Å². The summed E-state index contributed by atoms with van der Waals surface area (Å²) in [7, 11) is -3.00. The van der Waals surface area contributed by atoms with Crippen LogP contribution in [-0.4, -0.2) is 48.8 Å². The third kappa shape index (κ3) is 2.81. The van der Waals surface area contributed by atoms with Crippen molar-refractivity contribution in [2.24, 2.45) is 0 Å². The van der Waals surface area contributed by atoms with E-state index in [9.17, 15) is 13.2 Å². The minimum atomic E-state index is -3.00. The molecule has 1 aromatic rings. The number of carbonyl (C=O) groups excluding carboxylic acids is 1. The van der Waals surface area contributed by atoms with Gasteiger partial charge >= 0.3 is 0 Å². The lowest BCUT2D eigenvalue weighted by Crippen LogP contribution is -2.44. The average Bonchev–Trinajstić information content (AvgIpc) is 2.31. The summed E-state index contributed by atoms with van der Waals surface area (Å²) in [6.45, 7) is 0.403. The van der Waals surface area contributed by atoms with Gasteiger partial charge < -0.3 is 10.6 Å². The van der Waals surface area contributed by atoms with Crippen molar-refractivity contribution in [1.29, 1.82) is 0 Å². The Balaban J connectivity index is 2.20. The third-order valence-corrected chi connectivity index (χ3v) is 4.79. The molecule has 8 heteroatoms. The normalized spacial score (nSPS) is 18.6. The molecule has 1 saturated heterocycles. The molecule has 0 atom stereocenters. The molecule has 1 fully saturated rings. The minimum Gasteiger partial charge on any atom is -0.383 e. The first-order chi connectivity index (χ1) is 8.39. The van der Waals surface area contributed by atoms with E-state index in [4.69, 9.17) is 5.73 Å². The van der Waals surface area contributed by atoms with Crippen LogP contribution in [-0.2, 0) is 9.84 Å². The molecule has 1 aliphatic rings. The first-order valence-electron chi connectivity index (χ1n) is 5.30. The fourth-order valence-electron chi connectivity index (χ4n) is 1.71. The van der Waals surface area contributed by atoms with Crippen LogP contribution in [0.1, 0.15) is 10.4 Å². The average molecular weight is 334 g/mol. The second kappa shape index (κ2) is 4.85. The number of anilines is 1. The largest absolute Gasteiger partial charge is 0.383 e. The molecule has 0 aromatic carbocycles. The van der Waals surface area contributed by atoms with Gasteiger partial charge in [0.05, 0.1) is 17.1 Å². The predicted molar refractivity (Wildman–Crippen MR) is 70.9 cm³/mol. The number of nitrogens with two attached hydrogens (primary N) is 1. The number of carbonyl (C=O) groups is 1. The van der Waals surface area contributed by atoms with Crippen molar-refractivity contribution in [3.8, 4) is 0 Å². The van der Waals surface area contributed by atoms with Gasteiger partial charge in [0.1, 0.15) is 5.82 Å². The van der Waals surface area contributed by atoms with Crippen LogP contribution in [0, 0.1) is 0 Å². The van der Waals surface area contributed by atoms with E-state index in [0.29, 0.717) is 10.0 Å². The van der Waals surface area contributed by atoms with Gasteiger partial charge in [-0.1, -0.05) is 0 Å². The number of pyridine rings is 1. The second-order valence-corrected chi connectivity index (χ2v) is 7.25. The molecule has 2 N–H and O–H groups in total. The Labute approximate surface area is 113 Å². The fourth-order valence-corrected chi connectivity index (χ4v) is 3.24. The zero-order valence-electron chi connectivity index (χ0n) is 9.47. The van der Waals surface area contributed by atoms with Gasteiger partial charge in [-0.2, -0.15) is 0 Å². The van der Waals surface area contributed by atoms with Crippen molar-refractivity contribution >= 4 is 37.5 Å². The van der Waals surface area contributed by atoms with Gasteiger partial charge in [0.25, 0.3) is 5.91 Å². The monoisotopic (exact) mass is 333 g/mol. The van der Waals surface area contributed by atoms with Crippen molar-refractivity contribution in [2.75, 3.05) is 30.3 Å². The molecule has 0 bridgehead atoms. The van der Waals surface area contributed by atoms with Gasteiger partial charge in [0.2, 0.25) is 0 Å². The highest BCUT2D eigenvalue weighted by atomic mass is 79.9. The lowest BCUT2D eigenvalue weighted by atomic mass is 10.2. The molecule has 0 radical (unpaired) electrons. The third-order valence-electron chi connectivity index (χ3n) is 2.75. The van der Waals surface area contributed by atoms with Crippen LogP contribution in [0.2, 0.25) is 0 Å². The van der Waals surface area contributed by atoms with E-state index in [2.05, 4.69) is 20.9 Å². The highest BCUT2D eigenvalue weighted by Gasteiger charge is 2.27. The number of aromatic nitrogens is 1. The molecule has 1 amide bonds. The minimum absolute atomic E-state index is 0.0000759. The molecule has 2 heterocycles. The van der Waals surface area contributed by atoms with Crippen molar-refractivity contribution < 1.29 is 13.2 Å². The maximum absolute atomic E-state index is 12.2. The maximum atomic E-state index is 12.2. The molecule has 0 spiro atoms. The van der Waals surface area contributed by atoms with E-state index in [-0.39, 0.29) is 36.3 Å². The Kier molecular flexibility index (Phi) is 3.58. The number of hydrogen-bond donors (Lipinski definition) is 1. The lowest BCUT2D eigenvalue weighted by molar-refractivity contribution is 0.0771. The summed E-state index contributed by atoms with van der Waals surface area (Å²) in [5.74, 6) is -0.131. The standard InChI is InChI=1S/C10H12BrN3O3S/c11-7-5-8(9(12)13-6-7)10(15)14-1-3-18(16,17)4-2-14/h5-6H,1-4H2,(H2,12,13). The summed E-state index contributed by atoms with van der Waals surface area (Å²) in [5, 5.41) is 0. The van der Waals surface area contributed by atoms with Crippen molar-refractivity contribution in [3.63, 3.8) is 0 Å². The summed E-state index contributed by atoms with van der Waals surface area (Å²) in [6, 6.07) is 1.59. The predicted octanol–water partition coefficient (Wildman–Crippen LogP) is 0.297. The Bertz CT molecular complexity index is 574. The van der Waals surface area contributed by atoms with E-state index in [1.807, 2.05) is 0 Å². The van der Waals surface area contributed by atoms with E-state index in [1.165, 1.54) is 11.1 Å². The molecular formula is C10H12BrN3O3S. The highest BCUT2D eigenvalue weighted by Crippen LogP contribution is 2.18. The van der Waals surface area contributed by atoms with E-state index in [0.717, 1.165) is 0 Å². The van der Waals surface area contributed by atoms with E-state index >= 15 is 0 Å². The second-order valence-electron chi connectivity index (χ2n) is 4.03. The van der Waals surface area contributed by atoms with Crippen LogP contribution in [0.4, 0.5) is 5.82 Å². The number of rotatable bonds is 1. The number of halogens is 1. The fraction of sp³-hybridized carbons (Fsp3) is 0.400. The number of hydrogen-bond acceptors (Lipinski definition) is 5. The summed E-state index contributed by atoms with van der Waals surface area (Å²) in [6.07, 6.45) is 1.51. The molecule has 0 unspecified atom stereocenters. The summed E-state index contributed by atoms with van der Waals surface area (Å²) in [5.41, 5.74) is 5.95. The Morgan fingerprint density at radius 1 is 1.39 bits per heavy atom. The lowest BCUT2D eigenvalue weighted by Gasteiger charge is -2.27. The Hall–Kier alpha value is -1.15. The van der Waals surface area contributed by atoms with E-state index < -0.39 is 9.84 Å². The van der Waals surface area contributed by atoms with Crippen molar-refractivity contribution in [3.05, 3.63) is 22.3 Å². The molecule has 1 aromatic heterocycles. The van der Waals surface area contributed by atoms with Crippen LogP contribution in [0.3, 0.4) is 0 Å². The highest BCUT2D eigenvalue weighted by molar-refractivity contribution is 9.10. The number of nitrogens with zero attached hydrogens (tertiary/aromatic N) is 2. The summed E-state index contributed by atoms with van der Waals surface area (Å²) >= 11 is 3.22. The molecule has 2 rings (SSSR count). The van der Waals surface area contributed by atoms with Crippen LogP contribution < -0.4 is 5.73 Å². The zero-order valence-corrected chi connectivity index (χ0v) is 11.9. The van der Waals surface area contributed by atoms with Gasteiger partial charge in [0, 0.05) is 23.8 Å². The smallest absolute Gasteiger partial charge is 0.257 e. The van der Waals surface area contributed by atoms with Crippen LogP contribution in [0.5, 0.6) is 0 Å². The van der Waals surface area contributed by atoms with Gasteiger partial charge in [-0.3, -0.25) is 4.79 Å². The topological polar surface area (TPSA) is 93.4 Å². The molecule has 0 aliphatic carbocycles. The zero-order chi connectivity index (χ0) is 13.3. The van der Waals surface area contributed by atoms with Crippen molar-refractivity contribution in [2.45, 2.75) is 0 Å². The number of sulfone groups is 1. The Morgan fingerprint density at radius 3 is 2.61 bits per heavy atom. The SMILES string of the molecule is Nc1ncc(Br)cc1C(=O)N1CCS(=O)(=O)CC1. The first-order valence-corrected chi connectivity index (χ1v) is 7.91. The quantitative estimate of drug-likeness (QED) is 0.797. The molecule has 1 aliphatic heterocycles. The van der Waals surface area contributed by atoms with Crippen LogP contribution in [0.25, 0.3) is 0 Å². The van der Waals surface area contributed by atoms with Crippen LogP contribution >= 0.6 is 15.9 Å². The first kappa shape index (κ1) is 13.3. The Morgan fingerprint density at radius 2 is 2.00 bits per heavy atom. The molecule has 6 nitrogen and oxygen atoms in total. The summed E-state index contributed by atoms with van der Waals surface area (Å²) in [4.78, 5) is 17.5. The number of nitrogen functional groups attached to an aromatic ring is 1. The van der Waals surface area contributed by atoms with Gasteiger partial charge in [-0.05, 0) is 22.0 Å². The molecular weight excluding hydrogens is 322 g/mol.